The lowest BCUT2D eigenvalue weighted by molar-refractivity contribution is -0.117. The van der Waals surface area contributed by atoms with E-state index in [9.17, 15) is 14.4 Å². The van der Waals surface area contributed by atoms with Gasteiger partial charge in [0.1, 0.15) is 28.6 Å². The molecule has 0 aliphatic rings. The molecule has 1 atom stereocenters. The van der Waals surface area contributed by atoms with Crippen LogP contribution in [0.2, 0.25) is 10.2 Å². The number of amides is 3. The molecule has 4 rings (SSSR count). The maximum atomic E-state index is 13.2. The number of carbonyl (C=O) groups excluding carboxylic acids is 3. The Morgan fingerprint density at radius 3 is 2.51 bits per heavy atom. The fourth-order valence-electron chi connectivity index (χ4n) is 4.04. The number of rotatable bonds is 10. The van der Waals surface area contributed by atoms with Gasteiger partial charge in [-0.25, -0.2) is 14.6 Å². The van der Waals surface area contributed by atoms with Gasteiger partial charge in [0, 0.05) is 34.5 Å². The molecule has 16 heteroatoms. The summed E-state index contributed by atoms with van der Waals surface area (Å²) < 4.78 is 11.4. The molecule has 236 valence electrons. The Bertz CT molecular complexity index is 1670. The lowest BCUT2D eigenvalue weighted by Crippen LogP contribution is -2.35. The van der Waals surface area contributed by atoms with Crippen molar-refractivity contribution in [1.82, 2.24) is 40.8 Å². The molecular formula is C29H31Cl2N9O5. The number of methoxy groups -OCH3 is 1. The van der Waals surface area contributed by atoms with E-state index in [1.54, 1.807) is 69.3 Å². The summed E-state index contributed by atoms with van der Waals surface area (Å²) in [6.07, 6.45) is 3.40. The number of ether oxygens (including phenoxy) is 2. The van der Waals surface area contributed by atoms with E-state index in [4.69, 9.17) is 27.9 Å². The Morgan fingerprint density at radius 1 is 1.09 bits per heavy atom. The Hall–Kier alpha value is -4.95. The normalized spacial score (nSPS) is 12.0. The largest absolute Gasteiger partial charge is 0.453 e. The predicted molar refractivity (Wildman–Crippen MR) is 168 cm³/mol. The molecule has 14 nitrogen and oxygen atoms in total. The molecule has 0 saturated carbocycles. The molecule has 0 aliphatic heterocycles. The van der Waals surface area contributed by atoms with Crippen LogP contribution in [0.15, 0.2) is 54.9 Å². The number of aromatic nitrogens is 6. The monoisotopic (exact) mass is 655 g/mol. The number of tetrazole rings is 1. The van der Waals surface area contributed by atoms with Crippen LogP contribution in [0.1, 0.15) is 44.6 Å². The van der Waals surface area contributed by atoms with Crippen LogP contribution in [0.5, 0.6) is 0 Å². The number of aromatic amines is 1. The third kappa shape index (κ3) is 9.52. The van der Waals surface area contributed by atoms with E-state index >= 15 is 0 Å². The van der Waals surface area contributed by atoms with Crippen molar-refractivity contribution in [2.75, 3.05) is 19.0 Å². The number of imidazole rings is 1. The highest BCUT2D eigenvalue weighted by molar-refractivity contribution is 6.32. The molecule has 4 N–H and O–H groups in total. The fraction of sp³-hybridized carbons (Fsp3) is 0.276. The van der Waals surface area contributed by atoms with Gasteiger partial charge in [-0.15, -0.1) is 5.10 Å². The van der Waals surface area contributed by atoms with Crippen LogP contribution < -0.4 is 16.0 Å². The number of benzene rings is 2. The molecule has 0 fully saturated rings. The average Bonchev–Trinajstić information content (AvgIpc) is 3.65. The maximum absolute atomic E-state index is 13.2. The van der Waals surface area contributed by atoms with E-state index in [0.717, 1.165) is 0 Å². The summed E-state index contributed by atoms with van der Waals surface area (Å²) in [4.78, 5) is 44.6. The maximum Gasteiger partial charge on any atom is 0.411 e. The SMILES string of the molecule is COC(=O)Nc1ccc(-c2nc([C@H](CCNC(=O)OC(C)(C)C)NC(=O)/C=C/c3cc(Cl)ccc3-n3cnnn3)[nH]c2Cl)cc1. The molecule has 2 heterocycles. The first-order valence-corrected chi connectivity index (χ1v) is 14.4. The van der Waals surface area contributed by atoms with Crippen LogP contribution in [0.3, 0.4) is 0 Å². The van der Waals surface area contributed by atoms with Gasteiger partial charge in [0.05, 0.1) is 18.8 Å². The van der Waals surface area contributed by atoms with Crippen LogP contribution in [0.25, 0.3) is 23.0 Å². The van der Waals surface area contributed by atoms with Crippen molar-refractivity contribution in [1.29, 1.82) is 0 Å². The van der Waals surface area contributed by atoms with Crippen molar-refractivity contribution in [3.8, 4) is 16.9 Å². The third-order valence-electron chi connectivity index (χ3n) is 6.02. The quantitative estimate of drug-likeness (QED) is 0.164. The second kappa shape index (κ2) is 14.7. The van der Waals surface area contributed by atoms with Gasteiger partial charge in [-0.2, -0.15) is 4.68 Å². The molecule has 45 heavy (non-hydrogen) atoms. The number of hydrogen-bond donors (Lipinski definition) is 4. The number of alkyl carbamates (subject to hydrolysis) is 1. The average molecular weight is 657 g/mol. The minimum absolute atomic E-state index is 0.156. The summed E-state index contributed by atoms with van der Waals surface area (Å²) in [5.41, 5.74) is 2.14. The van der Waals surface area contributed by atoms with E-state index < -0.39 is 29.7 Å². The first kappa shape index (κ1) is 33.0. The van der Waals surface area contributed by atoms with E-state index in [1.807, 2.05) is 0 Å². The summed E-state index contributed by atoms with van der Waals surface area (Å²) >= 11 is 12.7. The smallest absolute Gasteiger partial charge is 0.411 e. The number of anilines is 1. The number of H-pyrrole nitrogens is 1. The summed E-state index contributed by atoms with van der Waals surface area (Å²) in [6.45, 7) is 5.44. The molecule has 2 aromatic carbocycles. The number of nitrogens with one attached hydrogen (secondary N) is 4. The van der Waals surface area contributed by atoms with E-state index in [1.165, 1.54) is 24.2 Å². The van der Waals surface area contributed by atoms with Crippen LogP contribution in [-0.2, 0) is 14.3 Å². The molecule has 4 aromatic rings. The van der Waals surface area contributed by atoms with E-state index in [0.29, 0.717) is 39.0 Å². The van der Waals surface area contributed by atoms with Crippen LogP contribution in [-0.4, -0.2) is 67.5 Å². The summed E-state index contributed by atoms with van der Waals surface area (Å²) in [6, 6.07) is 11.2. The summed E-state index contributed by atoms with van der Waals surface area (Å²) in [7, 11) is 1.27. The number of carbonyl (C=O) groups is 3. The predicted octanol–water partition coefficient (Wildman–Crippen LogP) is 5.32. The van der Waals surface area contributed by atoms with E-state index in [2.05, 4.69) is 46.2 Å². The van der Waals surface area contributed by atoms with Gasteiger partial charge in [0.25, 0.3) is 0 Å². The second-order valence-electron chi connectivity index (χ2n) is 10.5. The minimum atomic E-state index is -0.693. The van der Waals surface area contributed by atoms with Gasteiger partial charge in [0.15, 0.2) is 0 Å². The van der Waals surface area contributed by atoms with Crippen molar-refractivity contribution < 1.29 is 23.9 Å². The number of hydrogen-bond acceptors (Lipinski definition) is 9. The lowest BCUT2D eigenvalue weighted by atomic mass is 10.1. The highest BCUT2D eigenvalue weighted by Gasteiger charge is 2.22. The Morgan fingerprint density at radius 2 is 1.84 bits per heavy atom. The molecule has 3 amide bonds. The lowest BCUT2D eigenvalue weighted by Gasteiger charge is -2.20. The van der Waals surface area contributed by atoms with Gasteiger partial charge in [-0.1, -0.05) is 35.3 Å². The van der Waals surface area contributed by atoms with Crippen molar-refractivity contribution in [3.05, 3.63) is 76.4 Å². The highest BCUT2D eigenvalue weighted by Crippen LogP contribution is 2.29. The molecule has 0 radical (unpaired) electrons. The minimum Gasteiger partial charge on any atom is -0.453 e. The summed E-state index contributed by atoms with van der Waals surface area (Å²) in [5, 5.41) is 20.1. The van der Waals surface area contributed by atoms with Crippen molar-refractivity contribution in [2.45, 2.75) is 38.8 Å². The topological polar surface area (TPSA) is 178 Å². The van der Waals surface area contributed by atoms with Gasteiger partial charge in [-0.3, -0.25) is 10.1 Å². The third-order valence-corrected chi connectivity index (χ3v) is 6.52. The zero-order valence-corrected chi connectivity index (χ0v) is 26.3. The molecule has 2 aromatic heterocycles. The molecule has 0 saturated heterocycles. The molecule has 0 spiro atoms. The van der Waals surface area contributed by atoms with Gasteiger partial charge >= 0.3 is 12.2 Å². The first-order valence-electron chi connectivity index (χ1n) is 13.6. The van der Waals surface area contributed by atoms with Crippen molar-refractivity contribution in [2.24, 2.45) is 0 Å². The van der Waals surface area contributed by atoms with E-state index in [-0.39, 0.29) is 18.1 Å². The Labute approximate surface area is 268 Å². The zero-order chi connectivity index (χ0) is 32.6. The van der Waals surface area contributed by atoms with Crippen LogP contribution >= 0.6 is 23.2 Å². The molecular weight excluding hydrogens is 625 g/mol. The summed E-state index contributed by atoms with van der Waals surface area (Å²) in [5.74, 6) is -0.0937. The molecule has 0 bridgehead atoms. The van der Waals surface area contributed by atoms with Crippen LogP contribution in [0.4, 0.5) is 15.3 Å². The molecule has 0 unspecified atom stereocenters. The van der Waals surface area contributed by atoms with Gasteiger partial charge < -0.3 is 25.1 Å². The van der Waals surface area contributed by atoms with Crippen molar-refractivity contribution >= 4 is 53.1 Å². The van der Waals surface area contributed by atoms with Crippen LogP contribution in [0, 0.1) is 0 Å². The first-order chi connectivity index (χ1) is 21.4. The Kier molecular flexibility index (Phi) is 10.8. The highest BCUT2D eigenvalue weighted by atomic mass is 35.5. The Balaban J connectivity index is 1.54. The fourth-order valence-corrected chi connectivity index (χ4v) is 4.47. The van der Waals surface area contributed by atoms with Gasteiger partial charge in [-0.05, 0) is 74.0 Å². The number of nitrogens with zero attached hydrogens (tertiary/aromatic N) is 5. The molecule has 0 aliphatic carbocycles. The number of halogens is 2. The van der Waals surface area contributed by atoms with Crippen molar-refractivity contribution in [3.63, 3.8) is 0 Å². The zero-order valence-electron chi connectivity index (χ0n) is 24.8. The van der Waals surface area contributed by atoms with Gasteiger partial charge in [0.2, 0.25) is 5.91 Å². The second-order valence-corrected chi connectivity index (χ2v) is 11.4. The standard InChI is InChI=1S/C29H31Cl2N9O5/c1-29(2,3)45-27(42)32-14-13-21(26-36-24(25(31)37-26)17-5-9-20(10-6-17)34-28(43)44-4)35-23(41)12-7-18-15-19(30)8-11-22(18)40-16-33-38-39-40/h5-12,15-16,21H,13-14H2,1-4H3,(H,32,42)(H,34,43)(H,35,41)(H,36,37)/b12-7+/t21-/m0/s1.